The van der Waals surface area contributed by atoms with Gasteiger partial charge in [-0.05, 0) is 25.1 Å². The number of hydrogen-bond donors (Lipinski definition) is 2. The molecule has 0 aromatic heterocycles. The lowest BCUT2D eigenvalue weighted by Gasteiger charge is -2.26. The van der Waals surface area contributed by atoms with Crippen molar-refractivity contribution >= 4 is 11.6 Å². The van der Waals surface area contributed by atoms with Crippen LogP contribution in [0.25, 0.3) is 0 Å². The van der Waals surface area contributed by atoms with E-state index >= 15 is 0 Å². The van der Waals surface area contributed by atoms with Crippen molar-refractivity contribution in [1.29, 1.82) is 0 Å². The summed E-state index contributed by atoms with van der Waals surface area (Å²) in [6.45, 7) is 6.91. The van der Waals surface area contributed by atoms with Crippen LogP contribution in [0.1, 0.15) is 25.8 Å². The second kappa shape index (κ2) is 9.50. The third-order valence-electron chi connectivity index (χ3n) is 3.57. The summed E-state index contributed by atoms with van der Waals surface area (Å²) in [5, 5.41) is 2.93. The fraction of sp³-hybridized carbons (Fsp3) is 0.562. The third kappa shape index (κ3) is 5.83. The molecule has 1 aromatic rings. The van der Waals surface area contributed by atoms with E-state index in [1.165, 1.54) is 0 Å². The van der Waals surface area contributed by atoms with Crippen LogP contribution in [0.5, 0.6) is 0 Å². The Morgan fingerprint density at radius 2 is 2.14 bits per heavy atom. The smallest absolute Gasteiger partial charge is 0.225 e. The molecule has 0 spiro atoms. The molecular formula is C16H27N3O2. The van der Waals surface area contributed by atoms with Crippen LogP contribution in [0.15, 0.2) is 24.3 Å². The normalized spacial score (nSPS) is 12.4. The highest BCUT2D eigenvalue weighted by Gasteiger charge is 2.13. The van der Waals surface area contributed by atoms with E-state index < -0.39 is 0 Å². The van der Waals surface area contributed by atoms with E-state index in [4.69, 9.17) is 10.5 Å². The molecule has 0 saturated carbocycles. The van der Waals surface area contributed by atoms with Crippen molar-refractivity contribution in [3.8, 4) is 0 Å². The van der Waals surface area contributed by atoms with Crippen LogP contribution in [0.4, 0.5) is 5.69 Å². The van der Waals surface area contributed by atoms with Gasteiger partial charge in [0, 0.05) is 38.3 Å². The molecule has 0 aliphatic heterocycles. The zero-order chi connectivity index (χ0) is 15.7. The Balaban J connectivity index is 2.49. The minimum absolute atomic E-state index is 0.0129. The summed E-state index contributed by atoms with van der Waals surface area (Å²) in [5.41, 5.74) is 7.42. The van der Waals surface area contributed by atoms with Gasteiger partial charge in [-0.2, -0.15) is 0 Å². The fourth-order valence-electron chi connectivity index (χ4n) is 2.31. The van der Waals surface area contributed by atoms with Gasteiger partial charge >= 0.3 is 0 Å². The van der Waals surface area contributed by atoms with E-state index in [0.717, 1.165) is 24.3 Å². The standard InChI is InChI=1S/C16H27N3O2/c1-4-19(13(2)12-21-3)10-9-16(20)18-15-8-6-5-7-14(15)11-17/h5-8,13H,4,9-12,17H2,1-3H3,(H,18,20). The number of nitrogens with zero attached hydrogens (tertiary/aromatic N) is 1. The van der Waals surface area contributed by atoms with Crippen molar-refractivity contribution in [2.45, 2.75) is 32.9 Å². The Morgan fingerprint density at radius 1 is 1.43 bits per heavy atom. The Bertz CT molecular complexity index is 437. The van der Waals surface area contributed by atoms with Crippen LogP contribution in [-0.2, 0) is 16.1 Å². The van der Waals surface area contributed by atoms with Gasteiger partial charge in [-0.3, -0.25) is 9.69 Å². The maximum absolute atomic E-state index is 12.1. The Labute approximate surface area is 127 Å². The maximum atomic E-state index is 12.1. The zero-order valence-corrected chi connectivity index (χ0v) is 13.3. The molecule has 5 heteroatoms. The summed E-state index contributed by atoms with van der Waals surface area (Å²) in [7, 11) is 1.70. The van der Waals surface area contributed by atoms with Crippen molar-refractivity contribution in [2.24, 2.45) is 5.73 Å². The molecule has 1 atom stereocenters. The van der Waals surface area contributed by atoms with Gasteiger partial charge in [0.05, 0.1) is 6.61 Å². The lowest BCUT2D eigenvalue weighted by atomic mass is 10.1. The largest absolute Gasteiger partial charge is 0.383 e. The molecule has 1 aromatic carbocycles. The van der Waals surface area contributed by atoms with Gasteiger partial charge in [-0.15, -0.1) is 0 Å². The molecule has 1 unspecified atom stereocenters. The molecule has 21 heavy (non-hydrogen) atoms. The number of rotatable bonds is 9. The number of para-hydroxylation sites is 1. The van der Waals surface area contributed by atoms with E-state index in [1.807, 2.05) is 24.3 Å². The van der Waals surface area contributed by atoms with Crippen molar-refractivity contribution in [1.82, 2.24) is 4.90 Å². The number of benzene rings is 1. The Kier molecular flexibility index (Phi) is 7.97. The predicted octanol–water partition coefficient (Wildman–Crippen LogP) is 1.83. The van der Waals surface area contributed by atoms with Crippen LogP contribution in [-0.4, -0.2) is 43.7 Å². The number of likely N-dealkylation sites (N-methyl/N-ethyl adjacent to an activating group) is 1. The number of methoxy groups -OCH3 is 1. The Morgan fingerprint density at radius 3 is 2.76 bits per heavy atom. The van der Waals surface area contributed by atoms with Crippen LogP contribution in [0, 0.1) is 0 Å². The van der Waals surface area contributed by atoms with Crippen molar-refractivity contribution in [3.05, 3.63) is 29.8 Å². The number of carbonyl (C=O) groups excluding carboxylic acids is 1. The van der Waals surface area contributed by atoms with Gasteiger partial charge in [-0.1, -0.05) is 25.1 Å². The predicted molar refractivity (Wildman–Crippen MR) is 86.2 cm³/mol. The number of amides is 1. The molecule has 0 radical (unpaired) electrons. The summed E-state index contributed by atoms with van der Waals surface area (Å²) in [4.78, 5) is 14.3. The van der Waals surface area contributed by atoms with E-state index in [0.29, 0.717) is 25.6 Å². The molecule has 3 N–H and O–H groups in total. The van der Waals surface area contributed by atoms with Crippen molar-refractivity contribution < 1.29 is 9.53 Å². The first-order valence-electron chi connectivity index (χ1n) is 7.43. The quantitative estimate of drug-likeness (QED) is 0.729. The average Bonchev–Trinajstić information content (AvgIpc) is 2.48. The first kappa shape index (κ1) is 17.6. The minimum Gasteiger partial charge on any atom is -0.383 e. The molecule has 0 saturated heterocycles. The molecule has 118 valence electrons. The average molecular weight is 293 g/mol. The Hall–Kier alpha value is -1.43. The van der Waals surface area contributed by atoms with Crippen molar-refractivity contribution in [3.63, 3.8) is 0 Å². The monoisotopic (exact) mass is 293 g/mol. The second-order valence-electron chi connectivity index (χ2n) is 5.09. The first-order chi connectivity index (χ1) is 10.1. The van der Waals surface area contributed by atoms with E-state index in [9.17, 15) is 4.79 Å². The van der Waals surface area contributed by atoms with Gasteiger partial charge in [0.25, 0.3) is 0 Å². The van der Waals surface area contributed by atoms with Crippen LogP contribution >= 0.6 is 0 Å². The third-order valence-corrected chi connectivity index (χ3v) is 3.57. The minimum atomic E-state index is 0.0129. The summed E-state index contributed by atoms with van der Waals surface area (Å²) >= 11 is 0. The molecule has 5 nitrogen and oxygen atoms in total. The fourth-order valence-corrected chi connectivity index (χ4v) is 2.31. The summed E-state index contributed by atoms with van der Waals surface area (Å²) < 4.78 is 5.16. The molecule has 1 amide bonds. The van der Waals surface area contributed by atoms with Gasteiger partial charge in [0.15, 0.2) is 0 Å². The van der Waals surface area contributed by atoms with Gasteiger partial charge < -0.3 is 15.8 Å². The number of nitrogens with two attached hydrogens (primary N) is 1. The molecule has 0 aliphatic carbocycles. The maximum Gasteiger partial charge on any atom is 0.225 e. The highest BCUT2D eigenvalue weighted by molar-refractivity contribution is 5.91. The van der Waals surface area contributed by atoms with Crippen LogP contribution < -0.4 is 11.1 Å². The van der Waals surface area contributed by atoms with Gasteiger partial charge in [0.1, 0.15) is 0 Å². The van der Waals surface area contributed by atoms with Gasteiger partial charge in [-0.25, -0.2) is 0 Å². The lowest BCUT2D eigenvalue weighted by molar-refractivity contribution is -0.116. The highest BCUT2D eigenvalue weighted by Crippen LogP contribution is 2.14. The van der Waals surface area contributed by atoms with Crippen LogP contribution in [0.2, 0.25) is 0 Å². The molecule has 0 bridgehead atoms. The van der Waals surface area contributed by atoms with Crippen LogP contribution in [0.3, 0.4) is 0 Å². The lowest BCUT2D eigenvalue weighted by Crippen LogP contribution is -2.38. The summed E-state index contributed by atoms with van der Waals surface area (Å²) in [6.07, 6.45) is 0.459. The van der Waals surface area contributed by atoms with E-state index in [-0.39, 0.29) is 5.91 Å². The zero-order valence-electron chi connectivity index (χ0n) is 13.3. The topological polar surface area (TPSA) is 67.6 Å². The first-order valence-corrected chi connectivity index (χ1v) is 7.43. The molecular weight excluding hydrogens is 266 g/mol. The molecule has 0 aliphatic rings. The second-order valence-corrected chi connectivity index (χ2v) is 5.09. The molecule has 1 rings (SSSR count). The number of ether oxygens (including phenoxy) is 1. The SMILES string of the molecule is CCN(CCC(=O)Nc1ccccc1CN)C(C)COC. The number of hydrogen-bond acceptors (Lipinski definition) is 4. The van der Waals surface area contributed by atoms with E-state index in [2.05, 4.69) is 24.1 Å². The van der Waals surface area contributed by atoms with Crippen molar-refractivity contribution in [2.75, 3.05) is 32.1 Å². The summed E-state index contributed by atoms with van der Waals surface area (Å²) in [5.74, 6) is 0.0129. The van der Waals surface area contributed by atoms with Gasteiger partial charge in [0.2, 0.25) is 5.91 Å². The number of nitrogens with one attached hydrogen (secondary N) is 1. The summed E-state index contributed by atoms with van der Waals surface area (Å²) in [6, 6.07) is 7.93. The number of carbonyl (C=O) groups is 1. The van der Waals surface area contributed by atoms with E-state index in [1.54, 1.807) is 7.11 Å². The molecule has 0 heterocycles. The number of anilines is 1. The molecule has 0 fully saturated rings. The highest BCUT2D eigenvalue weighted by atomic mass is 16.5.